The van der Waals surface area contributed by atoms with Crippen molar-refractivity contribution in [2.75, 3.05) is 19.0 Å². The Morgan fingerprint density at radius 1 is 1.27 bits per heavy atom. The lowest BCUT2D eigenvalue weighted by molar-refractivity contribution is 1.02. The zero-order chi connectivity index (χ0) is 10.4. The number of nitrogens with zero attached hydrogens (tertiary/aromatic N) is 4. The van der Waals surface area contributed by atoms with Gasteiger partial charge in [0.2, 0.25) is 10.9 Å². The van der Waals surface area contributed by atoms with E-state index in [1.807, 2.05) is 37.2 Å². The van der Waals surface area contributed by atoms with Crippen LogP contribution in [0.1, 0.15) is 0 Å². The fourth-order valence-corrected chi connectivity index (χ4v) is 2.47. The number of aromatic nitrogens is 3. The van der Waals surface area contributed by atoms with Crippen LogP contribution in [0.4, 0.5) is 5.95 Å². The summed E-state index contributed by atoms with van der Waals surface area (Å²) in [5.74, 6) is 0.934. The Morgan fingerprint density at radius 2 is 2.07 bits per heavy atom. The van der Waals surface area contributed by atoms with Crippen LogP contribution in [0.3, 0.4) is 0 Å². The van der Waals surface area contributed by atoms with Crippen LogP contribution in [-0.4, -0.2) is 27.9 Å². The highest BCUT2D eigenvalue weighted by molar-refractivity contribution is 7.11. The van der Waals surface area contributed by atoms with Gasteiger partial charge in [-0.3, -0.25) is 4.40 Å². The van der Waals surface area contributed by atoms with Gasteiger partial charge >= 0.3 is 0 Å². The molecule has 0 bridgehead atoms. The van der Waals surface area contributed by atoms with E-state index in [4.69, 9.17) is 0 Å². The molecule has 0 aliphatic heterocycles. The quantitative estimate of drug-likeness (QED) is 0.626. The molecule has 0 atom stereocenters. The maximum atomic E-state index is 4.51. The molecular formula is C10H10N4S. The molecule has 0 N–H and O–H groups in total. The second-order valence-corrected chi connectivity index (χ2v) is 4.33. The fourth-order valence-electron chi connectivity index (χ4n) is 1.66. The Balaban J connectivity index is 2.49. The van der Waals surface area contributed by atoms with Crippen LogP contribution in [0.15, 0.2) is 24.3 Å². The van der Waals surface area contributed by atoms with E-state index in [0.29, 0.717) is 0 Å². The molecule has 4 nitrogen and oxygen atoms in total. The van der Waals surface area contributed by atoms with Crippen LogP contribution in [-0.2, 0) is 0 Å². The number of fused-ring (bicyclic) bond motifs is 3. The predicted molar refractivity (Wildman–Crippen MR) is 62.7 cm³/mol. The summed E-state index contributed by atoms with van der Waals surface area (Å²) in [4.78, 5) is 7.45. The number of hydrogen-bond acceptors (Lipinski definition) is 4. The van der Waals surface area contributed by atoms with Crippen LogP contribution < -0.4 is 4.90 Å². The zero-order valence-corrected chi connectivity index (χ0v) is 9.32. The van der Waals surface area contributed by atoms with Gasteiger partial charge in [0.05, 0.1) is 11.0 Å². The van der Waals surface area contributed by atoms with E-state index in [1.165, 1.54) is 11.5 Å². The van der Waals surface area contributed by atoms with E-state index in [-0.39, 0.29) is 0 Å². The van der Waals surface area contributed by atoms with Gasteiger partial charge in [0.15, 0.2) is 0 Å². The van der Waals surface area contributed by atoms with Gasteiger partial charge in [0, 0.05) is 25.6 Å². The highest BCUT2D eigenvalue weighted by atomic mass is 32.1. The van der Waals surface area contributed by atoms with Crippen molar-refractivity contribution in [3.8, 4) is 0 Å². The Kier molecular flexibility index (Phi) is 1.70. The molecule has 3 rings (SSSR count). The van der Waals surface area contributed by atoms with Crippen LogP contribution in [0.5, 0.6) is 0 Å². The average Bonchev–Trinajstić information content (AvgIpc) is 2.74. The molecular weight excluding hydrogens is 208 g/mol. The van der Waals surface area contributed by atoms with Gasteiger partial charge in [0.25, 0.3) is 0 Å². The molecule has 5 heteroatoms. The number of rotatable bonds is 1. The Bertz CT molecular complexity index is 622. The molecule has 2 heterocycles. The Hall–Kier alpha value is -1.62. The summed E-state index contributed by atoms with van der Waals surface area (Å²) >= 11 is 1.43. The van der Waals surface area contributed by atoms with Crippen molar-refractivity contribution in [2.45, 2.75) is 0 Å². The van der Waals surface area contributed by atoms with E-state index in [0.717, 1.165) is 21.9 Å². The monoisotopic (exact) mass is 218 g/mol. The van der Waals surface area contributed by atoms with Crippen molar-refractivity contribution < 1.29 is 0 Å². The van der Waals surface area contributed by atoms with Crippen LogP contribution in [0, 0.1) is 0 Å². The number of benzene rings is 1. The van der Waals surface area contributed by atoms with Gasteiger partial charge in [0.1, 0.15) is 0 Å². The lowest BCUT2D eigenvalue weighted by Crippen LogP contribution is -2.12. The first-order valence-corrected chi connectivity index (χ1v) is 5.45. The highest BCUT2D eigenvalue weighted by Crippen LogP contribution is 2.24. The van der Waals surface area contributed by atoms with Gasteiger partial charge in [-0.2, -0.15) is 4.37 Å². The number of hydrogen-bond donors (Lipinski definition) is 0. The van der Waals surface area contributed by atoms with Gasteiger partial charge < -0.3 is 4.90 Å². The summed E-state index contributed by atoms with van der Waals surface area (Å²) in [7, 11) is 3.98. The molecule has 0 unspecified atom stereocenters. The maximum absolute atomic E-state index is 4.51. The van der Waals surface area contributed by atoms with Gasteiger partial charge in [-0.1, -0.05) is 12.1 Å². The SMILES string of the molecule is CN(C)c1nsc2nc3ccccc3n12. The molecule has 0 saturated heterocycles. The minimum Gasteiger partial charge on any atom is -0.347 e. The van der Waals surface area contributed by atoms with Crippen molar-refractivity contribution in [3.05, 3.63) is 24.3 Å². The molecule has 15 heavy (non-hydrogen) atoms. The molecule has 0 fully saturated rings. The third-order valence-electron chi connectivity index (χ3n) is 2.34. The number of anilines is 1. The van der Waals surface area contributed by atoms with E-state index in [9.17, 15) is 0 Å². The normalized spacial score (nSPS) is 11.3. The third kappa shape index (κ3) is 1.13. The van der Waals surface area contributed by atoms with Gasteiger partial charge in [-0.15, -0.1) is 0 Å². The van der Waals surface area contributed by atoms with Gasteiger partial charge in [-0.05, 0) is 12.1 Å². The standard InChI is InChI=1S/C10H10N4S/c1-13(2)9-12-15-10-11-7-5-3-4-6-8(7)14(9)10/h3-6H,1-2H3. The van der Waals surface area contributed by atoms with Crippen LogP contribution >= 0.6 is 11.5 Å². The summed E-state index contributed by atoms with van der Waals surface area (Å²) in [5.41, 5.74) is 2.14. The first-order chi connectivity index (χ1) is 7.27. The molecule has 1 aromatic carbocycles. The summed E-state index contributed by atoms with van der Waals surface area (Å²) in [6.45, 7) is 0. The van der Waals surface area contributed by atoms with E-state index in [1.54, 1.807) is 0 Å². The van der Waals surface area contributed by atoms with Crippen molar-refractivity contribution in [2.24, 2.45) is 0 Å². The lowest BCUT2D eigenvalue weighted by Gasteiger charge is -2.08. The van der Waals surface area contributed by atoms with E-state index >= 15 is 0 Å². The second-order valence-electron chi connectivity index (χ2n) is 3.60. The highest BCUT2D eigenvalue weighted by Gasteiger charge is 2.12. The largest absolute Gasteiger partial charge is 0.347 e. The Morgan fingerprint density at radius 3 is 2.87 bits per heavy atom. The molecule has 0 radical (unpaired) electrons. The molecule has 0 saturated carbocycles. The molecule has 2 aromatic heterocycles. The summed E-state index contributed by atoms with van der Waals surface area (Å²) in [6, 6.07) is 8.11. The molecule has 3 aromatic rings. The smallest absolute Gasteiger partial charge is 0.223 e. The average molecular weight is 218 g/mol. The maximum Gasteiger partial charge on any atom is 0.223 e. The lowest BCUT2D eigenvalue weighted by atomic mass is 10.3. The molecule has 76 valence electrons. The second kappa shape index (κ2) is 2.93. The fraction of sp³-hybridized carbons (Fsp3) is 0.200. The first-order valence-electron chi connectivity index (χ1n) is 4.67. The van der Waals surface area contributed by atoms with Crippen molar-refractivity contribution in [1.29, 1.82) is 0 Å². The Labute approximate surface area is 90.9 Å². The summed E-state index contributed by atoms with van der Waals surface area (Å²) in [6.07, 6.45) is 0. The zero-order valence-electron chi connectivity index (χ0n) is 8.51. The molecule has 0 amide bonds. The number of para-hydroxylation sites is 2. The van der Waals surface area contributed by atoms with Crippen molar-refractivity contribution >= 4 is 33.5 Å². The van der Waals surface area contributed by atoms with E-state index in [2.05, 4.69) is 19.8 Å². The van der Waals surface area contributed by atoms with Crippen molar-refractivity contribution in [3.63, 3.8) is 0 Å². The molecule has 0 spiro atoms. The molecule has 0 aliphatic carbocycles. The van der Waals surface area contributed by atoms with Crippen molar-refractivity contribution in [1.82, 2.24) is 13.8 Å². The minimum absolute atomic E-state index is 0.934. The molecule has 0 aliphatic rings. The van der Waals surface area contributed by atoms with Crippen LogP contribution in [0.2, 0.25) is 0 Å². The third-order valence-corrected chi connectivity index (χ3v) is 3.03. The predicted octanol–water partition coefficient (Wildman–Crippen LogP) is 2.01. The summed E-state index contributed by atoms with van der Waals surface area (Å²) in [5, 5.41) is 0. The van der Waals surface area contributed by atoms with Gasteiger partial charge in [-0.25, -0.2) is 4.98 Å². The van der Waals surface area contributed by atoms with E-state index < -0.39 is 0 Å². The van der Waals surface area contributed by atoms with Crippen LogP contribution in [0.25, 0.3) is 16.0 Å². The first kappa shape index (κ1) is 8.67. The summed E-state index contributed by atoms with van der Waals surface area (Å²) < 4.78 is 6.46. The number of imidazole rings is 1. The topological polar surface area (TPSA) is 33.4 Å². The minimum atomic E-state index is 0.934.